The molecular weight excluding hydrogens is 140 g/mol. The SMILES string of the molecule is CC(C#N)N1CCCC(=O)C1. The number of ketones is 1. The molecule has 11 heavy (non-hydrogen) atoms. The lowest BCUT2D eigenvalue weighted by Crippen LogP contribution is -2.40. The van der Waals surface area contributed by atoms with E-state index in [1.807, 2.05) is 11.8 Å². The van der Waals surface area contributed by atoms with Crippen molar-refractivity contribution in [3.8, 4) is 6.07 Å². The molecule has 0 saturated carbocycles. The molecule has 60 valence electrons. The lowest BCUT2D eigenvalue weighted by atomic mass is 10.1. The summed E-state index contributed by atoms with van der Waals surface area (Å²) in [6.07, 6.45) is 1.60. The highest BCUT2D eigenvalue weighted by Crippen LogP contribution is 2.08. The summed E-state index contributed by atoms with van der Waals surface area (Å²) in [5.74, 6) is 0.262. The zero-order chi connectivity index (χ0) is 8.27. The third-order valence-electron chi connectivity index (χ3n) is 2.01. The highest BCUT2D eigenvalue weighted by molar-refractivity contribution is 5.81. The lowest BCUT2D eigenvalue weighted by Gasteiger charge is -2.27. The molecule has 1 unspecified atom stereocenters. The molecule has 0 aromatic rings. The molecule has 3 nitrogen and oxygen atoms in total. The highest BCUT2D eigenvalue weighted by Gasteiger charge is 2.20. The second-order valence-electron chi connectivity index (χ2n) is 2.92. The van der Waals surface area contributed by atoms with E-state index in [1.165, 1.54) is 0 Å². The van der Waals surface area contributed by atoms with E-state index in [9.17, 15) is 4.79 Å². The van der Waals surface area contributed by atoms with E-state index in [1.54, 1.807) is 0 Å². The maximum absolute atomic E-state index is 10.9. The van der Waals surface area contributed by atoms with Crippen LogP contribution in [0.2, 0.25) is 0 Å². The fourth-order valence-corrected chi connectivity index (χ4v) is 1.28. The zero-order valence-corrected chi connectivity index (χ0v) is 6.71. The maximum Gasteiger partial charge on any atom is 0.146 e. The van der Waals surface area contributed by atoms with Gasteiger partial charge in [0.1, 0.15) is 5.78 Å². The Kier molecular flexibility index (Phi) is 2.61. The van der Waals surface area contributed by atoms with Crippen molar-refractivity contribution in [3.05, 3.63) is 0 Å². The number of hydrogen-bond acceptors (Lipinski definition) is 3. The number of hydrogen-bond donors (Lipinski definition) is 0. The fraction of sp³-hybridized carbons (Fsp3) is 0.750. The minimum atomic E-state index is -0.112. The number of nitriles is 1. The van der Waals surface area contributed by atoms with Gasteiger partial charge in [0, 0.05) is 13.0 Å². The Balaban J connectivity index is 2.47. The van der Waals surface area contributed by atoms with Gasteiger partial charge in [-0.2, -0.15) is 5.26 Å². The number of likely N-dealkylation sites (tertiary alicyclic amines) is 1. The second-order valence-corrected chi connectivity index (χ2v) is 2.92. The number of Topliss-reactive ketones (excluding diaryl/α,β-unsaturated/α-hetero) is 1. The minimum absolute atomic E-state index is 0.112. The molecule has 1 atom stereocenters. The quantitative estimate of drug-likeness (QED) is 0.551. The van der Waals surface area contributed by atoms with Crippen LogP contribution in [0.5, 0.6) is 0 Å². The number of piperidine rings is 1. The Morgan fingerprint density at radius 1 is 1.73 bits per heavy atom. The lowest BCUT2D eigenvalue weighted by molar-refractivity contribution is -0.122. The van der Waals surface area contributed by atoms with Crippen molar-refractivity contribution in [2.75, 3.05) is 13.1 Å². The van der Waals surface area contributed by atoms with Gasteiger partial charge in [0.15, 0.2) is 0 Å². The van der Waals surface area contributed by atoms with Crippen molar-refractivity contribution in [3.63, 3.8) is 0 Å². The van der Waals surface area contributed by atoms with Crippen LogP contribution in [0.3, 0.4) is 0 Å². The van der Waals surface area contributed by atoms with E-state index in [2.05, 4.69) is 6.07 Å². The number of carbonyl (C=O) groups excluding carboxylic acids is 1. The number of carbonyl (C=O) groups is 1. The van der Waals surface area contributed by atoms with E-state index in [4.69, 9.17) is 5.26 Å². The van der Waals surface area contributed by atoms with E-state index in [0.717, 1.165) is 13.0 Å². The van der Waals surface area contributed by atoms with Crippen LogP contribution in [-0.4, -0.2) is 29.8 Å². The van der Waals surface area contributed by atoms with Crippen LogP contribution in [0.4, 0.5) is 0 Å². The molecule has 3 heteroatoms. The molecule has 0 aliphatic carbocycles. The van der Waals surface area contributed by atoms with Crippen molar-refractivity contribution in [2.24, 2.45) is 0 Å². The topological polar surface area (TPSA) is 44.1 Å². The van der Waals surface area contributed by atoms with Crippen LogP contribution in [0, 0.1) is 11.3 Å². The van der Waals surface area contributed by atoms with Gasteiger partial charge in [-0.1, -0.05) is 0 Å². The normalized spacial score (nSPS) is 22.7. The molecule has 0 amide bonds. The summed E-state index contributed by atoms with van der Waals surface area (Å²) in [4.78, 5) is 12.9. The molecule has 0 aromatic carbocycles. The Labute approximate surface area is 66.6 Å². The molecule has 1 heterocycles. The minimum Gasteiger partial charge on any atom is -0.298 e. The van der Waals surface area contributed by atoms with Crippen LogP contribution >= 0.6 is 0 Å². The Hall–Kier alpha value is -0.880. The van der Waals surface area contributed by atoms with Gasteiger partial charge in [0.25, 0.3) is 0 Å². The van der Waals surface area contributed by atoms with Gasteiger partial charge in [-0.25, -0.2) is 0 Å². The van der Waals surface area contributed by atoms with Crippen molar-refractivity contribution in [2.45, 2.75) is 25.8 Å². The third-order valence-corrected chi connectivity index (χ3v) is 2.01. The largest absolute Gasteiger partial charge is 0.298 e. The summed E-state index contributed by atoms with van der Waals surface area (Å²) in [7, 11) is 0. The molecule has 0 aromatic heterocycles. The Morgan fingerprint density at radius 2 is 2.45 bits per heavy atom. The molecule has 1 aliphatic heterocycles. The van der Waals surface area contributed by atoms with E-state index < -0.39 is 0 Å². The Bertz CT molecular complexity index is 195. The molecule has 0 spiro atoms. The molecule has 1 aliphatic rings. The Morgan fingerprint density at radius 3 is 3.00 bits per heavy atom. The molecule has 1 saturated heterocycles. The van der Waals surface area contributed by atoms with E-state index in [0.29, 0.717) is 13.0 Å². The predicted molar refractivity (Wildman–Crippen MR) is 40.9 cm³/mol. The van der Waals surface area contributed by atoms with Gasteiger partial charge in [0.05, 0.1) is 18.7 Å². The molecule has 0 radical (unpaired) electrons. The average Bonchev–Trinajstić information content (AvgIpc) is 2.03. The monoisotopic (exact) mass is 152 g/mol. The number of nitrogens with zero attached hydrogens (tertiary/aromatic N) is 2. The third kappa shape index (κ3) is 2.02. The van der Waals surface area contributed by atoms with Gasteiger partial charge >= 0.3 is 0 Å². The van der Waals surface area contributed by atoms with Crippen molar-refractivity contribution in [1.82, 2.24) is 4.90 Å². The van der Waals surface area contributed by atoms with Crippen LogP contribution in [0.25, 0.3) is 0 Å². The average molecular weight is 152 g/mol. The molecule has 1 fully saturated rings. The van der Waals surface area contributed by atoms with Crippen molar-refractivity contribution >= 4 is 5.78 Å². The summed E-state index contributed by atoms with van der Waals surface area (Å²) in [5, 5.41) is 8.57. The zero-order valence-electron chi connectivity index (χ0n) is 6.71. The maximum atomic E-state index is 10.9. The summed E-state index contributed by atoms with van der Waals surface area (Å²) >= 11 is 0. The van der Waals surface area contributed by atoms with Crippen molar-refractivity contribution in [1.29, 1.82) is 5.26 Å². The van der Waals surface area contributed by atoms with Crippen LogP contribution in [0.1, 0.15) is 19.8 Å². The summed E-state index contributed by atoms with van der Waals surface area (Å²) < 4.78 is 0. The van der Waals surface area contributed by atoms with Gasteiger partial charge < -0.3 is 0 Å². The predicted octanol–water partition coefficient (Wildman–Crippen LogP) is 0.563. The first-order chi connectivity index (χ1) is 5.24. The van der Waals surface area contributed by atoms with Crippen LogP contribution in [0.15, 0.2) is 0 Å². The second kappa shape index (κ2) is 3.49. The summed E-state index contributed by atoms with van der Waals surface area (Å²) in [6.45, 7) is 3.19. The summed E-state index contributed by atoms with van der Waals surface area (Å²) in [6, 6.07) is 2.02. The summed E-state index contributed by atoms with van der Waals surface area (Å²) in [5.41, 5.74) is 0. The molecule has 0 bridgehead atoms. The van der Waals surface area contributed by atoms with E-state index in [-0.39, 0.29) is 11.8 Å². The smallest absolute Gasteiger partial charge is 0.146 e. The molecule has 1 rings (SSSR count). The first-order valence-electron chi connectivity index (χ1n) is 3.89. The molecular formula is C8H12N2O. The first kappa shape index (κ1) is 8.22. The van der Waals surface area contributed by atoms with E-state index >= 15 is 0 Å². The standard InChI is InChI=1S/C8H12N2O/c1-7(5-9)10-4-2-3-8(11)6-10/h7H,2-4,6H2,1H3. The van der Waals surface area contributed by atoms with Gasteiger partial charge in [-0.05, 0) is 13.3 Å². The fourth-order valence-electron chi connectivity index (χ4n) is 1.28. The highest BCUT2D eigenvalue weighted by atomic mass is 16.1. The van der Waals surface area contributed by atoms with Crippen LogP contribution in [-0.2, 0) is 4.79 Å². The van der Waals surface area contributed by atoms with Crippen LogP contribution < -0.4 is 0 Å². The molecule has 0 N–H and O–H groups in total. The van der Waals surface area contributed by atoms with Gasteiger partial charge in [0.2, 0.25) is 0 Å². The first-order valence-corrected chi connectivity index (χ1v) is 3.89. The van der Waals surface area contributed by atoms with Gasteiger partial charge in [-0.3, -0.25) is 9.69 Å². The van der Waals surface area contributed by atoms with Gasteiger partial charge in [-0.15, -0.1) is 0 Å². The number of rotatable bonds is 1. The van der Waals surface area contributed by atoms with Crippen molar-refractivity contribution < 1.29 is 4.79 Å².